The van der Waals surface area contributed by atoms with Gasteiger partial charge >= 0.3 is 29.4 Å². The molecule has 55 heavy (non-hydrogen) atoms. The van der Waals surface area contributed by atoms with Crippen LogP contribution in [-0.2, 0) is 55.5 Å². The van der Waals surface area contributed by atoms with Crippen LogP contribution in [0.1, 0.15) is 33.4 Å². The number of aromatic nitrogens is 4. The van der Waals surface area contributed by atoms with E-state index < -0.39 is 102 Å². The summed E-state index contributed by atoms with van der Waals surface area (Å²) in [6.07, 6.45) is -7.13. The standard InChI is InChI=1S/C25H40N7O19P3S/c1-12(23(37)38)24(39)55-7-6-27-14(33)4-5-28-21(36)18(35)25(2,3)9-48-54(45,46)51-53(43,44)47-8-13-17(50-52(40,41)42)16(34)22(49-13)32-11-31-15-19(26)29-10-30-20(15)32/h10-13,16-18,22,34-35H,4-9H2,1-3H3,(H,27,33)(H,28,36)(H,37,38)(H,43,44)(H,45,46)(H2,26,29,30)(H2,40,41,42)/t12?,13-,16-,17-,18-,22-/m1/s1. The number of carbonyl (C=O) groups is 4. The molecule has 3 unspecified atom stereocenters. The van der Waals surface area contributed by atoms with E-state index in [1.165, 1.54) is 20.8 Å². The first-order valence-electron chi connectivity index (χ1n) is 15.6. The van der Waals surface area contributed by atoms with Gasteiger partial charge in [0.25, 0.3) is 0 Å². The Morgan fingerprint density at radius 2 is 1.71 bits per heavy atom. The number of carbonyl (C=O) groups excluding carboxylic acids is 3. The summed E-state index contributed by atoms with van der Waals surface area (Å²) in [5.41, 5.74) is 4.19. The molecule has 2 amide bonds. The first-order chi connectivity index (χ1) is 25.3. The van der Waals surface area contributed by atoms with Crippen LogP contribution in [0.5, 0.6) is 0 Å². The van der Waals surface area contributed by atoms with Crippen molar-refractivity contribution in [1.29, 1.82) is 0 Å². The van der Waals surface area contributed by atoms with E-state index in [9.17, 15) is 62.7 Å². The number of nitrogens with one attached hydrogen (secondary N) is 2. The number of phosphoric acid groups is 3. The Hall–Kier alpha value is -2.97. The molecule has 2 aromatic rings. The summed E-state index contributed by atoms with van der Waals surface area (Å²) in [4.78, 5) is 97.8. The molecule has 0 saturated carbocycles. The maximum Gasteiger partial charge on any atom is 0.481 e. The highest BCUT2D eigenvalue weighted by Crippen LogP contribution is 2.61. The Kier molecular flexibility index (Phi) is 16.0. The molecule has 1 aliphatic rings. The number of aliphatic carboxylic acids is 1. The van der Waals surface area contributed by atoms with E-state index in [0.29, 0.717) is 0 Å². The molecule has 0 radical (unpaired) electrons. The van der Waals surface area contributed by atoms with Gasteiger partial charge < -0.3 is 56.0 Å². The van der Waals surface area contributed by atoms with E-state index in [-0.39, 0.29) is 42.2 Å². The Labute approximate surface area is 314 Å². The molecular weight excluding hydrogens is 827 g/mol. The maximum absolute atomic E-state index is 12.6. The lowest BCUT2D eigenvalue weighted by molar-refractivity contribution is -0.143. The number of aliphatic hydroxyl groups excluding tert-OH is 2. The topological polar surface area (TPSA) is 401 Å². The highest BCUT2D eigenvalue weighted by Gasteiger charge is 2.50. The number of nitrogen functional groups attached to an aromatic ring is 1. The smallest absolute Gasteiger partial charge is 0.481 e. The number of aliphatic hydroxyl groups is 2. The number of ether oxygens (including phenoxy) is 1. The van der Waals surface area contributed by atoms with Gasteiger partial charge in [0.1, 0.15) is 42.2 Å². The average Bonchev–Trinajstić information content (AvgIpc) is 3.64. The summed E-state index contributed by atoms with van der Waals surface area (Å²) >= 11 is 0.726. The van der Waals surface area contributed by atoms with Gasteiger partial charge in [-0.1, -0.05) is 25.6 Å². The van der Waals surface area contributed by atoms with Crippen molar-refractivity contribution in [3.05, 3.63) is 12.7 Å². The van der Waals surface area contributed by atoms with Crippen molar-refractivity contribution in [2.24, 2.45) is 11.3 Å². The van der Waals surface area contributed by atoms with Gasteiger partial charge in [0.2, 0.25) is 16.9 Å². The number of hydrogen-bond acceptors (Lipinski definition) is 19. The van der Waals surface area contributed by atoms with Crippen molar-refractivity contribution >= 4 is 75.1 Å². The quantitative estimate of drug-likeness (QED) is 0.0383. The fourth-order valence-electron chi connectivity index (χ4n) is 4.51. The highest BCUT2D eigenvalue weighted by molar-refractivity contribution is 8.13. The van der Waals surface area contributed by atoms with E-state index >= 15 is 0 Å². The minimum Gasteiger partial charge on any atom is -0.481 e. The summed E-state index contributed by atoms with van der Waals surface area (Å²) < 4.78 is 61.9. The Bertz CT molecular complexity index is 1860. The van der Waals surface area contributed by atoms with Gasteiger partial charge in [-0.25, -0.2) is 28.6 Å². The van der Waals surface area contributed by atoms with Crippen LogP contribution in [0.3, 0.4) is 0 Å². The average molecular weight is 868 g/mol. The zero-order valence-corrected chi connectivity index (χ0v) is 32.5. The van der Waals surface area contributed by atoms with Crippen molar-refractivity contribution in [3.63, 3.8) is 0 Å². The lowest BCUT2D eigenvalue weighted by Gasteiger charge is -2.30. The minimum absolute atomic E-state index is 0.0183. The molecule has 1 fully saturated rings. The van der Waals surface area contributed by atoms with Crippen molar-refractivity contribution in [2.75, 3.05) is 37.8 Å². The van der Waals surface area contributed by atoms with Gasteiger partial charge in [-0.2, -0.15) is 4.31 Å². The minimum atomic E-state index is -5.59. The molecule has 26 nitrogen and oxygen atoms in total. The zero-order valence-electron chi connectivity index (χ0n) is 29.0. The molecule has 310 valence electrons. The van der Waals surface area contributed by atoms with Gasteiger partial charge in [-0.15, -0.1) is 0 Å². The van der Waals surface area contributed by atoms with Crippen molar-refractivity contribution in [2.45, 2.75) is 57.8 Å². The first kappa shape index (κ1) is 46.4. The summed E-state index contributed by atoms with van der Waals surface area (Å²) in [6, 6.07) is 0. The Balaban J connectivity index is 1.50. The Morgan fingerprint density at radius 3 is 2.35 bits per heavy atom. The van der Waals surface area contributed by atoms with Gasteiger partial charge in [0.05, 0.1) is 19.5 Å². The highest BCUT2D eigenvalue weighted by atomic mass is 32.2. The van der Waals surface area contributed by atoms with E-state index in [0.717, 1.165) is 29.0 Å². The van der Waals surface area contributed by atoms with E-state index in [4.69, 9.17) is 24.6 Å². The second-order valence-corrected chi connectivity index (χ2v) is 17.6. The lowest BCUT2D eigenvalue weighted by atomic mass is 9.87. The molecule has 2 aromatic heterocycles. The third kappa shape index (κ3) is 13.6. The summed E-state index contributed by atoms with van der Waals surface area (Å²) in [5.74, 6) is -4.01. The number of hydrogen-bond donors (Lipinski definition) is 10. The fourth-order valence-corrected chi connectivity index (χ4v) is 8.09. The number of carboxylic acid groups (broad SMARTS) is 1. The van der Waals surface area contributed by atoms with Crippen LogP contribution >= 0.6 is 35.2 Å². The van der Waals surface area contributed by atoms with Crippen LogP contribution in [0.4, 0.5) is 5.82 Å². The summed E-state index contributed by atoms with van der Waals surface area (Å²) in [7, 11) is -16.4. The van der Waals surface area contributed by atoms with Crippen molar-refractivity contribution in [3.8, 4) is 0 Å². The molecule has 3 rings (SSSR count). The van der Waals surface area contributed by atoms with Gasteiger partial charge in [-0.3, -0.25) is 37.3 Å². The van der Waals surface area contributed by atoms with Crippen LogP contribution in [0.15, 0.2) is 12.7 Å². The molecule has 0 aromatic carbocycles. The number of anilines is 1. The van der Waals surface area contributed by atoms with Gasteiger partial charge in [0, 0.05) is 30.7 Å². The summed E-state index contributed by atoms with van der Waals surface area (Å²) in [6.45, 7) is 1.35. The zero-order chi connectivity index (χ0) is 41.5. The van der Waals surface area contributed by atoms with Gasteiger partial charge in [-0.05, 0) is 6.92 Å². The normalized spacial score (nSPS) is 22.3. The van der Waals surface area contributed by atoms with Crippen LogP contribution in [0.2, 0.25) is 0 Å². The molecule has 0 aliphatic carbocycles. The molecule has 30 heteroatoms. The second-order valence-electron chi connectivity index (χ2n) is 12.3. The third-order valence-corrected chi connectivity index (χ3v) is 11.6. The van der Waals surface area contributed by atoms with Crippen molar-refractivity contribution < 1.29 is 90.4 Å². The number of nitrogens with two attached hydrogens (primary N) is 1. The number of thioether (sulfide) groups is 1. The number of amides is 2. The second kappa shape index (κ2) is 19.0. The van der Waals surface area contributed by atoms with Crippen LogP contribution in [-0.4, -0.2) is 134 Å². The van der Waals surface area contributed by atoms with E-state index in [1.807, 2.05) is 0 Å². The monoisotopic (exact) mass is 867 g/mol. The predicted molar refractivity (Wildman–Crippen MR) is 184 cm³/mol. The summed E-state index contributed by atoms with van der Waals surface area (Å²) in [5, 5.41) is 34.3. The molecule has 8 atom stereocenters. The predicted octanol–water partition coefficient (Wildman–Crippen LogP) is -1.61. The Morgan fingerprint density at radius 1 is 1.05 bits per heavy atom. The molecule has 1 aliphatic heterocycles. The van der Waals surface area contributed by atoms with Crippen LogP contribution in [0, 0.1) is 11.3 Å². The SMILES string of the molecule is CC(C(=O)O)C(=O)SCCNC(=O)CCNC(=O)[C@@H](O)C(C)(C)COP(=O)(O)OP(=O)(O)OC[C@H]1O[C@@H](n2cnc3c(N)ncnc32)[C@H](O)[C@@H]1OP(=O)(O)O. The van der Waals surface area contributed by atoms with Gasteiger partial charge in [0.15, 0.2) is 17.7 Å². The number of nitrogens with zero attached hydrogens (tertiary/aromatic N) is 4. The number of imidazole rings is 1. The molecule has 11 N–H and O–H groups in total. The molecule has 1 saturated heterocycles. The third-order valence-electron chi connectivity index (χ3n) is 7.47. The number of phosphoric ester groups is 3. The van der Waals surface area contributed by atoms with Crippen LogP contribution in [0.25, 0.3) is 11.2 Å². The number of rotatable bonds is 21. The van der Waals surface area contributed by atoms with E-state index in [2.05, 4.69) is 34.4 Å². The number of carboxylic acids is 1. The molecule has 0 spiro atoms. The molecule has 3 heterocycles. The largest absolute Gasteiger partial charge is 0.481 e. The molecule has 0 bridgehead atoms. The first-order valence-corrected chi connectivity index (χ1v) is 21.1. The maximum atomic E-state index is 12.6. The number of fused-ring (bicyclic) bond motifs is 1. The van der Waals surface area contributed by atoms with E-state index in [1.54, 1.807) is 0 Å². The van der Waals surface area contributed by atoms with Crippen LogP contribution < -0.4 is 16.4 Å². The fraction of sp³-hybridized carbons (Fsp3) is 0.640. The van der Waals surface area contributed by atoms with Crippen molar-refractivity contribution in [1.82, 2.24) is 30.2 Å². The molecular formula is C25H40N7O19P3S. The lowest BCUT2D eigenvalue weighted by Crippen LogP contribution is -2.46.